The van der Waals surface area contributed by atoms with Crippen molar-refractivity contribution in [2.75, 3.05) is 10.2 Å². The minimum Gasteiger partial charge on any atom is -0.406 e. The van der Waals surface area contributed by atoms with Gasteiger partial charge in [0.05, 0.1) is 11.3 Å². The summed E-state index contributed by atoms with van der Waals surface area (Å²) < 4.78 is 69.3. The van der Waals surface area contributed by atoms with Crippen molar-refractivity contribution in [1.29, 1.82) is 0 Å². The molecule has 2 amide bonds. The summed E-state index contributed by atoms with van der Waals surface area (Å²) in [5.74, 6) is -4.43. The first-order valence-electron chi connectivity index (χ1n) is 9.40. The summed E-state index contributed by atoms with van der Waals surface area (Å²) in [6.07, 6.45) is -4.93. The Bertz CT molecular complexity index is 1270. The van der Waals surface area contributed by atoms with Gasteiger partial charge in [0, 0.05) is 17.8 Å². The van der Waals surface area contributed by atoms with E-state index in [0.717, 1.165) is 24.3 Å². The molecule has 0 saturated carbocycles. The second-order valence-corrected chi connectivity index (χ2v) is 6.86. The van der Waals surface area contributed by atoms with Crippen LogP contribution in [0.2, 0.25) is 0 Å². The molecule has 33 heavy (non-hydrogen) atoms. The van der Waals surface area contributed by atoms with E-state index >= 15 is 0 Å². The van der Waals surface area contributed by atoms with Crippen LogP contribution in [0, 0.1) is 11.6 Å². The Morgan fingerprint density at radius 1 is 0.818 bits per heavy atom. The molecule has 0 atom stereocenters. The average molecular weight is 460 g/mol. The first-order chi connectivity index (χ1) is 15.6. The molecular formula is C23H13F5N2O3. The predicted molar refractivity (Wildman–Crippen MR) is 109 cm³/mol. The van der Waals surface area contributed by atoms with E-state index in [1.807, 2.05) is 0 Å². The van der Waals surface area contributed by atoms with Gasteiger partial charge in [-0.25, -0.2) is 13.7 Å². The summed E-state index contributed by atoms with van der Waals surface area (Å²) in [5.41, 5.74) is -0.565. The molecule has 0 radical (unpaired) electrons. The van der Waals surface area contributed by atoms with Gasteiger partial charge in [0.15, 0.2) is 0 Å². The van der Waals surface area contributed by atoms with Crippen LogP contribution in [0.4, 0.5) is 33.3 Å². The number of anilines is 2. The largest absolute Gasteiger partial charge is 0.573 e. The summed E-state index contributed by atoms with van der Waals surface area (Å²) in [7, 11) is 0. The number of nitrogens with zero attached hydrogens (tertiary/aromatic N) is 1. The number of amides is 2. The van der Waals surface area contributed by atoms with Gasteiger partial charge in [-0.15, -0.1) is 13.2 Å². The second kappa shape index (κ2) is 8.38. The van der Waals surface area contributed by atoms with Crippen molar-refractivity contribution in [3.8, 4) is 5.75 Å². The van der Waals surface area contributed by atoms with Gasteiger partial charge in [0.1, 0.15) is 23.1 Å². The molecule has 1 aliphatic rings. The van der Waals surface area contributed by atoms with Gasteiger partial charge < -0.3 is 10.1 Å². The molecule has 1 heterocycles. The molecule has 4 rings (SSSR count). The Morgan fingerprint density at radius 3 is 2.21 bits per heavy atom. The van der Waals surface area contributed by atoms with E-state index in [0.29, 0.717) is 16.5 Å². The van der Waals surface area contributed by atoms with Crippen LogP contribution in [0.3, 0.4) is 0 Å². The fourth-order valence-corrected chi connectivity index (χ4v) is 3.32. The van der Waals surface area contributed by atoms with E-state index in [9.17, 15) is 31.5 Å². The maximum atomic E-state index is 14.4. The van der Waals surface area contributed by atoms with Crippen molar-refractivity contribution in [3.05, 3.63) is 95.7 Å². The SMILES string of the molecule is O=C1C(Nc2cccc(OC(F)(F)F)c2)=C(c2ccccc2)C(=O)N1c1ccc(F)cc1F. The van der Waals surface area contributed by atoms with Gasteiger partial charge in [-0.3, -0.25) is 9.59 Å². The van der Waals surface area contributed by atoms with Gasteiger partial charge in [0.25, 0.3) is 11.8 Å². The Balaban J connectivity index is 1.78. The molecule has 168 valence electrons. The highest BCUT2D eigenvalue weighted by molar-refractivity contribution is 6.46. The smallest absolute Gasteiger partial charge is 0.406 e. The molecule has 1 aliphatic heterocycles. The minimum atomic E-state index is -4.93. The van der Waals surface area contributed by atoms with Crippen molar-refractivity contribution in [2.45, 2.75) is 6.36 Å². The number of nitrogens with one attached hydrogen (secondary N) is 1. The highest BCUT2D eigenvalue weighted by Crippen LogP contribution is 2.35. The summed E-state index contributed by atoms with van der Waals surface area (Å²) in [6, 6.07) is 15.0. The van der Waals surface area contributed by atoms with Crippen LogP contribution in [0.15, 0.2) is 78.5 Å². The predicted octanol–water partition coefficient (Wildman–Crippen LogP) is 5.26. The Morgan fingerprint density at radius 2 is 1.55 bits per heavy atom. The number of benzene rings is 3. The number of hydrogen-bond donors (Lipinski definition) is 1. The van der Waals surface area contributed by atoms with E-state index in [1.54, 1.807) is 18.2 Å². The number of carbonyl (C=O) groups is 2. The number of imide groups is 1. The van der Waals surface area contributed by atoms with Crippen molar-refractivity contribution < 1.29 is 36.3 Å². The van der Waals surface area contributed by atoms with Gasteiger partial charge >= 0.3 is 6.36 Å². The standard InChI is InChI=1S/C23H13F5N2O3/c24-14-9-10-18(17(25)11-14)30-21(31)19(13-5-2-1-3-6-13)20(22(30)32)29-15-7-4-8-16(12-15)33-23(26,27)28/h1-12,29H. The minimum absolute atomic E-state index is 0.0164. The van der Waals surface area contributed by atoms with Gasteiger partial charge in [0.2, 0.25) is 0 Å². The summed E-state index contributed by atoms with van der Waals surface area (Å²) in [4.78, 5) is 26.9. The first-order valence-corrected chi connectivity index (χ1v) is 9.40. The lowest BCUT2D eigenvalue weighted by Crippen LogP contribution is -2.33. The molecule has 0 aromatic heterocycles. The van der Waals surface area contributed by atoms with Crippen LogP contribution in [0.1, 0.15) is 5.56 Å². The van der Waals surface area contributed by atoms with E-state index in [4.69, 9.17) is 0 Å². The summed E-state index contributed by atoms with van der Waals surface area (Å²) in [5, 5.41) is 2.65. The molecule has 5 nitrogen and oxygen atoms in total. The molecule has 0 aliphatic carbocycles. The van der Waals surface area contributed by atoms with Gasteiger partial charge in [-0.2, -0.15) is 0 Å². The lowest BCUT2D eigenvalue weighted by Gasteiger charge is -2.16. The van der Waals surface area contributed by atoms with Crippen molar-refractivity contribution >= 4 is 28.8 Å². The molecule has 0 unspecified atom stereocenters. The third-order valence-corrected chi connectivity index (χ3v) is 4.63. The highest BCUT2D eigenvalue weighted by atomic mass is 19.4. The van der Waals surface area contributed by atoms with Crippen LogP contribution in [0.25, 0.3) is 5.57 Å². The Labute approximate surface area is 183 Å². The molecule has 0 spiro atoms. The van der Waals surface area contributed by atoms with Crippen LogP contribution in [0.5, 0.6) is 5.75 Å². The summed E-state index contributed by atoms with van der Waals surface area (Å²) in [6.45, 7) is 0. The quantitative estimate of drug-likeness (QED) is 0.417. The lowest BCUT2D eigenvalue weighted by atomic mass is 10.0. The maximum absolute atomic E-state index is 14.4. The zero-order valence-corrected chi connectivity index (χ0v) is 16.5. The number of ether oxygens (including phenoxy) is 1. The molecule has 1 N–H and O–H groups in total. The Kier molecular flexibility index (Phi) is 5.59. The molecule has 10 heteroatoms. The van der Waals surface area contributed by atoms with Gasteiger partial charge in [-0.05, 0) is 29.8 Å². The molecular weight excluding hydrogens is 447 g/mol. The molecule has 0 fully saturated rings. The second-order valence-electron chi connectivity index (χ2n) is 6.86. The monoisotopic (exact) mass is 460 g/mol. The molecule has 0 saturated heterocycles. The number of halogens is 5. The fraction of sp³-hybridized carbons (Fsp3) is 0.0435. The topological polar surface area (TPSA) is 58.6 Å². The number of rotatable bonds is 5. The fourth-order valence-electron chi connectivity index (χ4n) is 3.32. The van der Waals surface area contributed by atoms with E-state index in [1.165, 1.54) is 24.3 Å². The lowest BCUT2D eigenvalue weighted by molar-refractivity contribution is -0.274. The molecule has 3 aromatic rings. The normalized spacial score (nSPS) is 14.2. The van der Waals surface area contributed by atoms with Gasteiger partial charge in [-0.1, -0.05) is 36.4 Å². The van der Waals surface area contributed by atoms with E-state index in [-0.39, 0.29) is 17.0 Å². The third kappa shape index (κ3) is 4.54. The van der Waals surface area contributed by atoms with E-state index in [2.05, 4.69) is 10.1 Å². The molecule has 3 aromatic carbocycles. The first kappa shape index (κ1) is 22.0. The van der Waals surface area contributed by atoms with Crippen LogP contribution >= 0.6 is 0 Å². The highest BCUT2D eigenvalue weighted by Gasteiger charge is 2.41. The van der Waals surface area contributed by atoms with Crippen LogP contribution in [-0.4, -0.2) is 18.2 Å². The Hall–Kier alpha value is -4.21. The summed E-state index contributed by atoms with van der Waals surface area (Å²) >= 11 is 0. The van der Waals surface area contributed by atoms with E-state index < -0.39 is 41.2 Å². The number of alkyl halides is 3. The molecule has 0 bridgehead atoms. The van der Waals surface area contributed by atoms with Crippen LogP contribution in [-0.2, 0) is 9.59 Å². The average Bonchev–Trinajstić information content (AvgIpc) is 2.98. The number of hydrogen-bond acceptors (Lipinski definition) is 4. The van der Waals surface area contributed by atoms with Crippen molar-refractivity contribution in [1.82, 2.24) is 0 Å². The zero-order chi connectivity index (χ0) is 23.8. The zero-order valence-electron chi connectivity index (χ0n) is 16.5. The third-order valence-electron chi connectivity index (χ3n) is 4.63. The maximum Gasteiger partial charge on any atom is 0.573 e. The van der Waals surface area contributed by atoms with Crippen LogP contribution < -0.4 is 15.0 Å². The number of carbonyl (C=O) groups excluding carboxylic acids is 2. The van der Waals surface area contributed by atoms with Crippen molar-refractivity contribution in [3.63, 3.8) is 0 Å². The van der Waals surface area contributed by atoms with Crippen molar-refractivity contribution in [2.24, 2.45) is 0 Å².